The molecule has 2 aromatic carbocycles. The Morgan fingerprint density at radius 2 is 1.77 bits per heavy atom. The number of fused-ring (bicyclic) bond motifs is 1. The molecule has 158 valence electrons. The maximum absolute atomic E-state index is 13.2. The van der Waals surface area contributed by atoms with Crippen molar-refractivity contribution in [3.05, 3.63) is 74.9 Å². The van der Waals surface area contributed by atoms with Crippen LogP contribution in [0.2, 0.25) is 0 Å². The molecule has 0 spiro atoms. The summed E-state index contributed by atoms with van der Waals surface area (Å²) < 4.78 is 41.2. The minimum absolute atomic E-state index is 0.125. The number of aromatic nitrogens is 2. The van der Waals surface area contributed by atoms with Crippen molar-refractivity contribution in [3.63, 3.8) is 0 Å². The Kier molecular flexibility index (Phi) is 5.82. The fraction of sp³-hybridized carbons (Fsp3) is 0.286. The number of benzene rings is 2. The number of amides is 1. The molecule has 0 unspecified atom stereocenters. The zero-order valence-corrected chi connectivity index (χ0v) is 16.4. The molecule has 0 aliphatic rings. The van der Waals surface area contributed by atoms with Crippen LogP contribution >= 0.6 is 0 Å². The normalized spacial score (nSPS) is 11.6. The third-order valence-corrected chi connectivity index (χ3v) is 4.76. The lowest BCUT2D eigenvalue weighted by molar-refractivity contribution is -0.137. The molecule has 0 radical (unpaired) electrons. The highest BCUT2D eigenvalue weighted by Crippen LogP contribution is 2.30. The summed E-state index contributed by atoms with van der Waals surface area (Å²) in [7, 11) is 1.60. The monoisotopic (exact) mass is 419 g/mol. The number of nitrogens with zero attached hydrogens (tertiary/aromatic N) is 3. The summed E-state index contributed by atoms with van der Waals surface area (Å²) in [4.78, 5) is 40.1. The van der Waals surface area contributed by atoms with Crippen molar-refractivity contribution < 1.29 is 18.0 Å². The van der Waals surface area contributed by atoms with E-state index in [2.05, 4.69) is 0 Å². The predicted octanol–water partition coefficient (Wildman–Crippen LogP) is 3.04. The standard InChI is InChI=1S/C21H20F3N3O3/c1-3-11-25(2)18(28)13-26-17-10-5-4-9-16(17)19(29)27(20(26)30)15-8-6-7-14(12-15)21(22,23)24/h4-10,12H,3,11,13H2,1-2H3. The van der Waals surface area contributed by atoms with Gasteiger partial charge in [-0.15, -0.1) is 0 Å². The molecule has 3 rings (SSSR count). The minimum Gasteiger partial charge on any atom is -0.344 e. The van der Waals surface area contributed by atoms with Crippen LogP contribution < -0.4 is 11.2 Å². The van der Waals surface area contributed by atoms with Crippen LogP contribution in [-0.2, 0) is 17.5 Å². The molecule has 0 aliphatic carbocycles. The van der Waals surface area contributed by atoms with Crippen LogP contribution in [-0.4, -0.2) is 33.5 Å². The van der Waals surface area contributed by atoms with Crippen molar-refractivity contribution in [2.75, 3.05) is 13.6 Å². The van der Waals surface area contributed by atoms with Gasteiger partial charge in [-0.3, -0.25) is 14.2 Å². The number of hydrogen-bond acceptors (Lipinski definition) is 3. The second-order valence-corrected chi connectivity index (χ2v) is 6.89. The van der Waals surface area contributed by atoms with Gasteiger partial charge in [-0.25, -0.2) is 9.36 Å². The van der Waals surface area contributed by atoms with E-state index in [4.69, 9.17) is 0 Å². The number of halogens is 3. The van der Waals surface area contributed by atoms with Gasteiger partial charge >= 0.3 is 11.9 Å². The van der Waals surface area contributed by atoms with Gasteiger partial charge in [-0.1, -0.05) is 25.1 Å². The molecule has 30 heavy (non-hydrogen) atoms. The van der Waals surface area contributed by atoms with E-state index in [9.17, 15) is 27.6 Å². The second-order valence-electron chi connectivity index (χ2n) is 6.89. The highest BCUT2D eigenvalue weighted by molar-refractivity contribution is 5.81. The van der Waals surface area contributed by atoms with Gasteiger partial charge in [-0.2, -0.15) is 13.2 Å². The van der Waals surface area contributed by atoms with E-state index in [1.807, 2.05) is 6.92 Å². The van der Waals surface area contributed by atoms with Crippen molar-refractivity contribution >= 4 is 16.8 Å². The molecule has 9 heteroatoms. The summed E-state index contributed by atoms with van der Waals surface area (Å²) in [5.41, 5.74) is -2.58. The molecule has 3 aromatic rings. The molecule has 6 nitrogen and oxygen atoms in total. The van der Waals surface area contributed by atoms with Crippen LogP contribution in [0.3, 0.4) is 0 Å². The zero-order valence-electron chi connectivity index (χ0n) is 16.4. The Morgan fingerprint density at radius 1 is 1.07 bits per heavy atom. The van der Waals surface area contributed by atoms with Gasteiger partial charge in [0.15, 0.2) is 0 Å². The molecule has 1 amide bonds. The van der Waals surface area contributed by atoms with Crippen LogP contribution in [0, 0.1) is 0 Å². The van der Waals surface area contributed by atoms with Gasteiger partial charge in [0.2, 0.25) is 5.91 Å². The Hall–Kier alpha value is -3.36. The lowest BCUT2D eigenvalue weighted by atomic mass is 10.2. The van der Waals surface area contributed by atoms with Crippen molar-refractivity contribution in [2.24, 2.45) is 0 Å². The van der Waals surface area contributed by atoms with Crippen molar-refractivity contribution in [3.8, 4) is 5.69 Å². The van der Waals surface area contributed by atoms with Crippen LogP contribution in [0.4, 0.5) is 13.2 Å². The van der Waals surface area contributed by atoms with E-state index in [1.54, 1.807) is 19.2 Å². The molecule has 0 N–H and O–H groups in total. The summed E-state index contributed by atoms with van der Waals surface area (Å²) in [6.45, 7) is 2.05. The number of carbonyl (C=O) groups excluding carboxylic acids is 1. The Bertz CT molecular complexity index is 1210. The third-order valence-electron chi connectivity index (χ3n) is 4.76. The van der Waals surface area contributed by atoms with Crippen molar-refractivity contribution in [1.82, 2.24) is 14.0 Å². The maximum atomic E-state index is 13.2. The van der Waals surface area contributed by atoms with Crippen LogP contribution in [0.5, 0.6) is 0 Å². The summed E-state index contributed by atoms with van der Waals surface area (Å²) in [5, 5.41) is 0.125. The Morgan fingerprint density at radius 3 is 2.43 bits per heavy atom. The average Bonchev–Trinajstić information content (AvgIpc) is 2.71. The van der Waals surface area contributed by atoms with E-state index in [1.165, 1.54) is 23.1 Å². The van der Waals surface area contributed by atoms with E-state index in [0.717, 1.165) is 29.2 Å². The average molecular weight is 419 g/mol. The lowest BCUT2D eigenvalue weighted by Gasteiger charge is -2.19. The molecule has 0 aliphatic heterocycles. The smallest absolute Gasteiger partial charge is 0.344 e. The zero-order chi connectivity index (χ0) is 22.1. The SMILES string of the molecule is CCCN(C)C(=O)Cn1c(=O)n(-c2cccc(C(F)(F)F)c2)c(=O)c2ccccc21. The Balaban J connectivity index is 2.26. The van der Waals surface area contributed by atoms with Crippen LogP contribution in [0.1, 0.15) is 18.9 Å². The molecule has 0 atom stereocenters. The number of hydrogen-bond donors (Lipinski definition) is 0. The fourth-order valence-electron chi connectivity index (χ4n) is 3.24. The predicted molar refractivity (Wildman–Crippen MR) is 107 cm³/mol. The number of para-hydroxylation sites is 1. The van der Waals surface area contributed by atoms with Crippen molar-refractivity contribution in [1.29, 1.82) is 0 Å². The quantitative estimate of drug-likeness (QED) is 0.639. The first-order valence-corrected chi connectivity index (χ1v) is 9.31. The number of rotatable bonds is 5. The fourth-order valence-corrected chi connectivity index (χ4v) is 3.24. The van der Waals surface area contributed by atoms with E-state index in [-0.39, 0.29) is 29.0 Å². The lowest BCUT2D eigenvalue weighted by Crippen LogP contribution is -2.42. The van der Waals surface area contributed by atoms with Crippen LogP contribution in [0.15, 0.2) is 58.1 Å². The van der Waals surface area contributed by atoms with Crippen LogP contribution in [0.25, 0.3) is 16.6 Å². The van der Waals surface area contributed by atoms with E-state index in [0.29, 0.717) is 11.1 Å². The highest BCUT2D eigenvalue weighted by atomic mass is 19.4. The molecule has 1 heterocycles. The third kappa shape index (κ3) is 4.00. The molecule has 0 saturated carbocycles. The number of alkyl halides is 3. The number of carbonyl (C=O) groups is 1. The topological polar surface area (TPSA) is 64.3 Å². The minimum atomic E-state index is -4.63. The summed E-state index contributed by atoms with van der Waals surface area (Å²) in [6, 6.07) is 10.2. The number of likely N-dealkylation sites (N-methyl/N-ethyl adjacent to an activating group) is 1. The molecule has 0 bridgehead atoms. The summed E-state index contributed by atoms with van der Waals surface area (Å²) >= 11 is 0. The first-order chi connectivity index (χ1) is 14.1. The first-order valence-electron chi connectivity index (χ1n) is 9.31. The maximum Gasteiger partial charge on any atom is 0.416 e. The van der Waals surface area contributed by atoms with Gasteiger partial charge < -0.3 is 4.90 Å². The second kappa shape index (κ2) is 8.17. The largest absolute Gasteiger partial charge is 0.416 e. The Labute approximate surface area is 169 Å². The first kappa shape index (κ1) is 21.4. The molecular weight excluding hydrogens is 399 g/mol. The molecule has 0 saturated heterocycles. The molecular formula is C21H20F3N3O3. The van der Waals surface area contributed by atoms with E-state index < -0.39 is 23.0 Å². The highest BCUT2D eigenvalue weighted by Gasteiger charge is 2.31. The van der Waals surface area contributed by atoms with Gasteiger partial charge in [0.05, 0.1) is 22.2 Å². The van der Waals surface area contributed by atoms with Crippen molar-refractivity contribution in [2.45, 2.75) is 26.1 Å². The summed E-state index contributed by atoms with van der Waals surface area (Å²) in [6.07, 6.45) is -3.91. The van der Waals surface area contributed by atoms with E-state index >= 15 is 0 Å². The molecule has 1 aromatic heterocycles. The van der Waals surface area contributed by atoms with Gasteiger partial charge in [0, 0.05) is 13.6 Å². The van der Waals surface area contributed by atoms with Gasteiger partial charge in [0.1, 0.15) is 6.54 Å². The summed E-state index contributed by atoms with van der Waals surface area (Å²) in [5.74, 6) is -0.349. The van der Waals surface area contributed by atoms with Gasteiger partial charge in [-0.05, 0) is 36.8 Å². The van der Waals surface area contributed by atoms with Gasteiger partial charge in [0.25, 0.3) is 5.56 Å². The molecule has 0 fully saturated rings.